The van der Waals surface area contributed by atoms with Crippen molar-refractivity contribution in [1.29, 1.82) is 0 Å². The average Bonchev–Trinajstić information content (AvgIpc) is 2.56. The molecule has 0 aromatic heterocycles. The summed E-state index contributed by atoms with van der Waals surface area (Å²) in [5.41, 5.74) is 2.96. The first-order valence-corrected chi connectivity index (χ1v) is 8.31. The molecular weight excluding hydrogens is 298 g/mol. The molecule has 1 N–H and O–H groups in total. The van der Waals surface area contributed by atoms with Gasteiger partial charge in [0.15, 0.2) is 0 Å². The topological polar surface area (TPSA) is 38.3 Å². The first-order valence-electron chi connectivity index (χ1n) is 8.31. The van der Waals surface area contributed by atoms with Gasteiger partial charge in [-0.05, 0) is 55.2 Å². The number of rotatable bonds is 7. The number of carbonyl (C=O) groups excluding carboxylic acids is 1. The lowest BCUT2D eigenvalue weighted by Gasteiger charge is -2.09. The Kier molecular flexibility index (Phi) is 6.62. The molecule has 1 amide bonds. The molecule has 0 fully saturated rings. The number of hydrogen-bond donors (Lipinski definition) is 1. The molecular formula is C21H25NO2. The van der Waals surface area contributed by atoms with Gasteiger partial charge >= 0.3 is 0 Å². The number of nitrogens with one attached hydrogen (secondary N) is 1. The third-order valence-corrected chi connectivity index (χ3v) is 3.59. The van der Waals surface area contributed by atoms with E-state index < -0.39 is 0 Å². The summed E-state index contributed by atoms with van der Waals surface area (Å²) in [6, 6.07) is 15.5. The van der Waals surface area contributed by atoms with E-state index in [2.05, 4.69) is 19.2 Å². The Morgan fingerprint density at radius 3 is 2.38 bits per heavy atom. The third-order valence-electron chi connectivity index (χ3n) is 3.59. The fourth-order valence-electron chi connectivity index (χ4n) is 2.08. The zero-order valence-corrected chi connectivity index (χ0v) is 14.6. The van der Waals surface area contributed by atoms with Crippen LogP contribution in [0.3, 0.4) is 0 Å². The normalized spacial score (nSPS) is 11.0. The lowest BCUT2D eigenvalue weighted by atomic mass is 10.1. The van der Waals surface area contributed by atoms with Crippen molar-refractivity contribution >= 4 is 17.7 Å². The number of amides is 1. The molecule has 3 heteroatoms. The highest BCUT2D eigenvalue weighted by Crippen LogP contribution is 2.16. The number of aryl methyl sites for hydroxylation is 1. The molecule has 0 radical (unpaired) electrons. The molecule has 0 atom stereocenters. The number of carbonyl (C=O) groups is 1. The second-order valence-corrected chi connectivity index (χ2v) is 6.29. The van der Waals surface area contributed by atoms with Crippen LogP contribution in [-0.2, 0) is 4.79 Å². The lowest BCUT2D eigenvalue weighted by Crippen LogP contribution is -2.07. The minimum absolute atomic E-state index is 0.149. The van der Waals surface area contributed by atoms with Gasteiger partial charge in [-0.3, -0.25) is 4.79 Å². The Bertz CT molecular complexity index is 670. The Labute approximate surface area is 144 Å². The quantitative estimate of drug-likeness (QED) is 0.722. The Hall–Kier alpha value is -2.55. The van der Waals surface area contributed by atoms with E-state index in [-0.39, 0.29) is 5.91 Å². The monoisotopic (exact) mass is 323 g/mol. The molecule has 0 aliphatic carbocycles. The number of ether oxygens (including phenoxy) is 1. The van der Waals surface area contributed by atoms with Crippen LogP contribution in [-0.4, -0.2) is 12.5 Å². The maximum Gasteiger partial charge on any atom is 0.248 e. The minimum Gasteiger partial charge on any atom is -0.494 e. The van der Waals surface area contributed by atoms with Gasteiger partial charge in [-0.2, -0.15) is 0 Å². The smallest absolute Gasteiger partial charge is 0.248 e. The summed E-state index contributed by atoms with van der Waals surface area (Å²) in [4.78, 5) is 12.0. The van der Waals surface area contributed by atoms with Crippen LogP contribution in [0.1, 0.15) is 31.4 Å². The minimum atomic E-state index is -0.149. The van der Waals surface area contributed by atoms with E-state index in [1.165, 1.54) is 11.6 Å². The molecule has 0 unspecified atom stereocenters. The van der Waals surface area contributed by atoms with Crippen LogP contribution in [0.2, 0.25) is 0 Å². The van der Waals surface area contributed by atoms with Gasteiger partial charge in [0.1, 0.15) is 5.75 Å². The Morgan fingerprint density at radius 2 is 1.75 bits per heavy atom. The second kappa shape index (κ2) is 8.92. The first kappa shape index (κ1) is 17.8. The zero-order chi connectivity index (χ0) is 17.4. The van der Waals surface area contributed by atoms with Gasteiger partial charge in [0.05, 0.1) is 6.61 Å². The van der Waals surface area contributed by atoms with Crippen molar-refractivity contribution in [3.05, 3.63) is 65.7 Å². The summed E-state index contributed by atoms with van der Waals surface area (Å²) < 4.78 is 5.67. The molecule has 0 aliphatic rings. The van der Waals surface area contributed by atoms with Crippen LogP contribution in [0.25, 0.3) is 6.08 Å². The lowest BCUT2D eigenvalue weighted by molar-refractivity contribution is -0.111. The van der Waals surface area contributed by atoms with Crippen LogP contribution in [0.5, 0.6) is 5.75 Å². The van der Waals surface area contributed by atoms with E-state index in [9.17, 15) is 4.79 Å². The molecule has 2 rings (SSSR count). The van der Waals surface area contributed by atoms with E-state index in [0.29, 0.717) is 12.5 Å². The number of hydrogen-bond acceptors (Lipinski definition) is 2. The molecule has 126 valence electrons. The molecule has 24 heavy (non-hydrogen) atoms. The van der Waals surface area contributed by atoms with Gasteiger partial charge in [-0.25, -0.2) is 0 Å². The first-order chi connectivity index (χ1) is 11.5. The Morgan fingerprint density at radius 1 is 1.08 bits per heavy atom. The van der Waals surface area contributed by atoms with Gasteiger partial charge in [0.25, 0.3) is 0 Å². The predicted molar refractivity (Wildman–Crippen MR) is 100 cm³/mol. The number of anilines is 1. The van der Waals surface area contributed by atoms with E-state index in [1.54, 1.807) is 6.08 Å². The van der Waals surface area contributed by atoms with E-state index in [4.69, 9.17) is 4.74 Å². The zero-order valence-electron chi connectivity index (χ0n) is 14.6. The average molecular weight is 323 g/mol. The van der Waals surface area contributed by atoms with E-state index in [0.717, 1.165) is 23.4 Å². The predicted octanol–water partition coefficient (Wildman–Crippen LogP) is 5.07. The largest absolute Gasteiger partial charge is 0.494 e. The van der Waals surface area contributed by atoms with Crippen LogP contribution in [0, 0.1) is 12.8 Å². The highest BCUT2D eigenvalue weighted by molar-refractivity contribution is 6.01. The van der Waals surface area contributed by atoms with Gasteiger partial charge in [0.2, 0.25) is 5.91 Å². The SMILES string of the molecule is Cc1ccc(C=CC(=O)Nc2ccc(OCCC(C)C)cc2)cc1. The van der Waals surface area contributed by atoms with Gasteiger partial charge in [0, 0.05) is 11.8 Å². The fourth-order valence-corrected chi connectivity index (χ4v) is 2.08. The van der Waals surface area contributed by atoms with Gasteiger partial charge in [-0.15, -0.1) is 0 Å². The maximum atomic E-state index is 12.0. The molecule has 0 saturated carbocycles. The summed E-state index contributed by atoms with van der Waals surface area (Å²) in [6.45, 7) is 7.09. The van der Waals surface area contributed by atoms with Crippen LogP contribution in [0.4, 0.5) is 5.69 Å². The summed E-state index contributed by atoms with van der Waals surface area (Å²) in [6.07, 6.45) is 4.37. The van der Waals surface area contributed by atoms with Crippen LogP contribution < -0.4 is 10.1 Å². The molecule has 0 bridgehead atoms. The highest BCUT2D eigenvalue weighted by atomic mass is 16.5. The van der Waals surface area contributed by atoms with Gasteiger partial charge in [-0.1, -0.05) is 43.7 Å². The van der Waals surface area contributed by atoms with E-state index in [1.807, 2.05) is 55.5 Å². The highest BCUT2D eigenvalue weighted by Gasteiger charge is 2.00. The van der Waals surface area contributed by atoms with Crippen molar-refractivity contribution in [1.82, 2.24) is 0 Å². The number of benzene rings is 2. The van der Waals surface area contributed by atoms with Crippen molar-refractivity contribution < 1.29 is 9.53 Å². The molecule has 0 heterocycles. The molecule has 2 aromatic carbocycles. The summed E-state index contributed by atoms with van der Waals surface area (Å²) >= 11 is 0. The molecule has 0 spiro atoms. The van der Waals surface area contributed by atoms with E-state index >= 15 is 0 Å². The fraction of sp³-hybridized carbons (Fsp3) is 0.286. The van der Waals surface area contributed by atoms with Crippen molar-refractivity contribution in [2.45, 2.75) is 27.2 Å². The molecule has 3 nitrogen and oxygen atoms in total. The third kappa shape index (κ3) is 6.29. The summed E-state index contributed by atoms with van der Waals surface area (Å²) in [5.74, 6) is 1.30. The van der Waals surface area contributed by atoms with Crippen molar-refractivity contribution in [3.63, 3.8) is 0 Å². The molecule has 0 saturated heterocycles. The molecule has 2 aromatic rings. The van der Waals surface area contributed by atoms with Gasteiger partial charge < -0.3 is 10.1 Å². The maximum absolute atomic E-state index is 12.0. The second-order valence-electron chi connectivity index (χ2n) is 6.29. The van der Waals surface area contributed by atoms with Crippen molar-refractivity contribution in [2.24, 2.45) is 5.92 Å². The van der Waals surface area contributed by atoms with Crippen LogP contribution >= 0.6 is 0 Å². The summed E-state index contributed by atoms with van der Waals surface area (Å²) in [7, 11) is 0. The van der Waals surface area contributed by atoms with Crippen LogP contribution in [0.15, 0.2) is 54.6 Å². The van der Waals surface area contributed by atoms with Crippen molar-refractivity contribution in [3.8, 4) is 5.75 Å². The summed E-state index contributed by atoms with van der Waals surface area (Å²) in [5, 5.41) is 2.84. The molecule has 0 aliphatic heterocycles. The standard InChI is InChI=1S/C21H25NO2/c1-16(2)14-15-24-20-11-9-19(10-12-20)22-21(23)13-8-18-6-4-17(3)5-7-18/h4-13,16H,14-15H2,1-3H3,(H,22,23). The Balaban J connectivity index is 1.84. The van der Waals surface area contributed by atoms with Crippen molar-refractivity contribution in [2.75, 3.05) is 11.9 Å².